The van der Waals surface area contributed by atoms with E-state index in [1.54, 1.807) is 9.80 Å². The first-order chi connectivity index (χ1) is 11.1. The van der Waals surface area contributed by atoms with E-state index in [0.717, 1.165) is 25.7 Å². The number of halogens is 4. The largest absolute Gasteiger partial charge is 0.338 e. The average Bonchev–Trinajstić information content (AvgIpc) is 2.47. The number of nitrogens with zero attached hydrogens (tertiary/aromatic N) is 2. The lowest BCUT2D eigenvalue weighted by Crippen LogP contribution is -2.41. The molecule has 0 radical (unpaired) electrons. The first kappa shape index (κ1) is 24.1. The molecule has 0 heterocycles. The van der Waals surface area contributed by atoms with Crippen molar-refractivity contribution < 1.29 is 9.59 Å². The lowest BCUT2D eigenvalue weighted by Gasteiger charge is -2.28. The van der Waals surface area contributed by atoms with Crippen molar-refractivity contribution in [3.05, 3.63) is 0 Å². The summed E-state index contributed by atoms with van der Waals surface area (Å²) in [5.74, 6) is -0.500. The molecule has 0 aromatic heterocycles. The Morgan fingerprint density at radius 2 is 0.958 bits per heavy atom. The summed E-state index contributed by atoms with van der Waals surface area (Å²) in [7, 11) is 0. The number of amides is 2. The van der Waals surface area contributed by atoms with Crippen LogP contribution in [0.2, 0.25) is 0 Å². The zero-order valence-corrected chi connectivity index (χ0v) is 17.8. The van der Waals surface area contributed by atoms with Crippen molar-refractivity contribution >= 4 is 58.2 Å². The summed E-state index contributed by atoms with van der Waals surface area (Å²) >= 11 is 22.7. The third-order valence-corrected chi connectivity index (χ3v) is 4.48. The van der Waals surface area contributed by atoms with Crippen LogP contribution in [-0.4, -0.2) is 56.5 Å². The highest BCUT2D eigenvalue weighted by atomic mass is 35.5. The quantitative estimate of drug-likeness (QED) is 0.360. The molecule has 0 saturated carbocycles. The fraction of sp³-hybridized carbons (Fsp3) is 0.875. The zero-order chi connectivity index (χ0) is 18.9. The molecule has 0 spiro atoms. The van der Waals surface area contributed by atoms with Crippen molar-refractivity contribution in [3.8, 4) is 0 Å². The monoisotopic (exact) mass is 420 g/mol. The Kier molecular flexibility index (Phi) is 12.5. The van der Waals surface area contributed by atoms with Gasteiger partial charge in [-0.1, -0.05) is 59.2 Å². The second-order valence-corrected chi connectivity index (χ2v) is 8.46. The van der Waals surface area contributed by atoms with Gasteiger partial charge in [0, 0.05) is 25.2 Å². The van der Waals surface area contributed by atoms with E-state index in [1.807, 2.05) is 27.7 Å². The van der Waals surface area contributed by atoms with Crippen molar-refractivity contribution in [3.63, 3.8) is 0 Å². The summed E-state index contributed by atoms with van der Waals surface area (Å²) in [5, 5.41) is 0. The van der Waals surface area contributed by atoms with Crippen LogP contribution in [0.5, 0.6) is 0 Å². The van der Waals surface area contributed by atoms with Crippen LogP contribution in [0.25, 0.3) is 0 Å². The van der Waals surface area contributed by atoms with E-state index in [9.17, 15) is 9.59 Å². The van der Waals surface area contributed by atoms with Gasteiger partial charge in [0.15, 0.2) is 9.67 Å². The molecule has 0 aliphatic carbocycles. The standard InChI is InChI=1S/C16H28Cl4N2O2/c1-11(2)21(15(23)13(17)18)9-7-5-6-8-10-22(12(3)4)16(24)14(19)20/h11-14H,5-10H2,1-4H3. The normalized spacial score (nSPS) is 11.7. The van der Waals surface area contributed by atoms with Crippen LogP contribution >= 0.6 is 46.4 Å². The van der Waals surface area contributed by atoms with Crippen LogP contribution in [0.3, 0.4) is 0 Å². The first-order valence-electron chi connectivity index (χ1n) is 8.26. The predicted octanol–water partition coefficient (Wildman–Crippen LogP) is 4.63. The summed E-state index contributed by atoms with van der Waals surface area (Å²) in [6.07, 6.45) is 3.65. The Hall–Kier alpha value is 0.1000. The first-order valence-corrected chi connectivity index (χ1v) is 10.0. The summed E-state index contributed by atoms with van der Waals surface area (Å²) in [5.41, 5.74) is 0. The van der Waals surface area contributed by atoms with Gasteiger partial charge in [0.2, 0.25) is 0 Å². The van der Waals surface area contributed by atoms with Gasteiger partial charge in [-0.3, -0.25) is 9.59 Å². The molecule has 8 heteroatoms. The Labute approximate surface area is 165 Å². The fourth-order valence-electron chi connectivity index (χ4n) is 2.41. The van der Waals surface area contributed by atoms with Gasteiger partial charge >= 0.3 is 0 Å². The summed E-state index contributed by atoms with van der Waals surface area (Å²) in [6.45, 7) is 9.02. The van der Waals surface area contributed by atoms with Crippen LogP contribution in [0.1, 0.15) is 53.4 Å². The van der Waals surface area contributed by atoms with Gasteiger partial charge in [-0.15, -0.1) is 0 Å². The average molecular weight is 422 g/mol. The SMILES string of the molecule is CC(C)N(CCCCCCN(C(=O)C(Cl)Cl)C(C)C)C(=O)C(Cl)Cl. The third kappa shape index (κ3) is 8.98. The molecule has 2 amide bonds. The summed E-state index contributed by atoms with van der Waals surface area (Å²) in [4.78, 5) is 25.2. The highest BCUT2D eigenvalue weighted by Crippen LogP contribution is 2.14. The Morgan fingerprint density at radius 3 is 1.17 bits per heavy atom. The van der Waals surface area contributed by atoms with Gasteiger partial charge in [0.1, 0.15) is 0 Å². The Bertz CT molecular complexity index is 354. The molecule has 0 unspecified atom stereocenters. The summed E-state index contributed by atoms with van der Waals surface area (Å²) in [6, 6.07) is 0.131. The smallest absolute Gasteiger partial charge is 0.256 e. The van der Waals surface area contributed by atoms with E-state index in [1.165, 1.54) is 0 Å². The van der Waals surface area contributed by atoms with Crippen LogP contribution in [0, 0.1) is 0 Å². The number of carbonyl (C=O) groups excluding carboxylic acids is 2. The van der Waals surface area contributed by atoms with Gasteiger partial charge in [-0.05, 0) is 40.5 Å². The molecule has 0 fully saturated rings. The van der Waals surface area contributed by atoms with Crippen molar-refractivity contribution in [2.24, 2.45) is 0 Å². The molecular formula is C16H28Cl4N2O2. The predicted molar refractivity (Wildman–Crippen MR) is 103 cm³/mol. The second kappa shape index (κ2) is 12.5. The van der Waals surface area contributed by atoms with Crippen LogP contribution in [0.4, 0.5) is 0 Å². The van der Waals surface area contributed by atoms with Gasteiger partial charge in [0.05, 0.1) is 0 Å². The number of alkyl halides is 4. The Balaban J connectivity index is 4.16. The van der Waals surface area contributed by atoms with Crippen molar-refractivity contribution in [1.82, 2.24) is 9.80 Å². The van der Waals surface area contributed by atoms with E-state index in [-0.39, 0.29) is 23.9 Å². The zero-order valence-electron chi connectivity index (χ0n) is 14.8. The maximum atomic E-state index is 11.9. The van der Waals surface area contributed by atoms with Gasteiger partial charge < -0.3 is 9.80 Å². The van der Waals surface area contributed by atoms with Crippen LogP contribution in [0.15, 0.2) is 0 Å². The molecular weight excluding hydrogens is 394 g/mol. The molecule has 24 heavy (non-hydrogen) atoms. The number of carbonyl (C=O) groups is 2. The number of hydrogen-bond acceptors (Lipinski definition) is 2. The molecule has 142 valence electrons. The molecule has 0 rings (SSSR count). The van der Waals surface area contributed by atoms with Crippen LogP contribution in [-0.2, 0) is 9.59 Å². The van der Waals surface area contributed by atoms with E-state index in [0.29, 0.717) is 13.1 Å². The van der Waals surface area contributed by atoms with Gasteiger partial charge in [-0.2, -0.15) is 0 Å². The van der Waals surface area contributed by atoms with E-state index in [4.69, 9.17) is 46.4 Å². The highest BCUT2D eigenvalue weighted by molar-refractivity contribution is 6.53. The minimum absolute atomic E-state index is 0.0657. The minimum Gasteiger partial charge on any atom is -0.338 e. The molecule has 0 aliphatic rings. The molecule has 0 atom stereocenters. The fourth-order valence-corrected chi connectivity index (χ4v) is 2.92. The van der Waals surface area contributed by atoms with E-state index < -0.39 is 9.67 Å². The highest BCUT2D eigenvalue weighted by Gasteiger charge is 2.23. The lowest BCUT2D eigenvalue weighted by atomic mass is 10.1. The molecule has 0 aromatic rings. The van der Waals surface area contributed by atoms with E-state index in [2.05, 4.69) is 0 Å². The van der Waals surface area contributed by atoms with Gasteiger partial charge in [-0.25, -0.2) is 0 Å². The Morgan fingerprint density at radius 1 is 0.667 bits per heavy atom. The number of hydrogen-bond donors (Lipinski definition) is 0. The van der Waals surface area contributed by atoms with Gasteiger partial charge in [0.25, 0.3) is 11.8 Å². The lowest BCUT2D eigenvalue weighted by molar-refractivity contribution is -0.132. The second-order valence-electron chi connectivity index (χ2n) is 6.27. The topological polar surface area (TPSA) is 40.6 Å². The van der Waals surface area contributed by atoms with Crippen molar-refractivity contribution in [2.45, 2.75) is 75.1 Å². The third-order valence-electron chi connectivity index (χ3n) is 3.73. The van der Waals surface area contributed by atoms with Crippen molar-refractivity contribution in [1.29, 1.82) is 0 Å². The molecule has 0 aromatic carbocycles. The summed E-state index contributed by atoms with van der Waals surface area (Å²) < 4.78 is 0. The maximum absolute atomic E-state index is 11.9. The molecule has 0 N–H and O–H groups in total. The molecule has 0 bridgehead atoms. The molecule has 0 saturated heterocycles. The molecule has 0 aliphatic heterocycles. The number of unbranched alkanes of at least 4 members (excludes halogenated alkanes) is 3. The van der Waals surface area contributed by atoms with E-state index >= 15 is 0 Å². The number of rotatable bonds is 11. The van der Waals surface area contributed by atoms with Crippen molar-refractivity contribution in [2.75, 3.05) is 13.1 Å². The van der Waals surface area contributed by atoms with Crippen LogP contribution < -0.4 is 0 Å². The maximum Gasteiger partial charge on any atom is 0.256 e. The molecule has 4 nitrogen and oxygen atoms in total. The minimum atomic E-state index is -1.02.